The van der Waals surface area contributed by atoms with Crippen LogP contribution < -0.4 is 5.32 Å². The minimum absolute atomic E-state index is 0.841. The standard InChI is InChI=1S/C18H28N2/c1-20(11-9-15-5-3-2-4-6-15)12-10-16-13-17-7-8-18(14-16)19-17/h2-6,16-19H,7-14H2,1H3. The summed E-state index contributed by atoms with van der Waals surface area (Å²) in [5, 5.41) is 3.74. The molecular formula is C18H28N2. The van der Waals surface area contributed by atoms with E-state index in [2.05, 4.69) is 47.6 Å². The third-order valence-corrected chi connectivity index (χ3v) is 5.11. The van der Waals surface area contributed by atoms with E-state index in [1.165, 1.54) is 57.2 Å². The minimum atomic E-state index is 0.841. The zero-order valence-electron chi connectivity index (χ0n) is 12.7. The molecule has 0 radical (unpaired) electrons. The van der Waals surface area contributed by atoms with Gasteiger partial charge < -0.3 is 10.2 Å². The van der Waals surface area contributed by atoms with Gasteiger partial charge in [0.15, 0.2) is 0 Å². The summed E-state index contributed by atoms with van der Waals surface area (Å²) in [7, 11) is 2.28. The first-order valence-electron chi connectivity index (χ1n) is 8.28. The second-order valence-corrected chi connectivity index (χ2v) is 6.80. The van der Waals surface area contributed by atoms with Gasteiger partial charge in [-0.15, -0.1) is 0 Å². The topological polar surface area (TPSA) is 15.3 Å². The van der Waals surface area contributed by atoms with E-state index in [4.69, 9.17) is 0 Å². The van der Waals surface area contributed by atoms with Crippen LogP contribution in [-0.2, 0) is 6.42 Å². The van der Waals surface area contributed by atoms with Crippen molar-refractivity contribution in [3.05, 3.63) is 35.9 Å². The molecule has 1 N–H and O–H groups in total. The van der Waals surface area contributed by atoms with Gasteiger partial charge in [0.1, 0.15) is 0 Å². The number of fused-ring (bicyclic) bond motifs is 2. The van der Waals surface area contributed by atoms with Gasteiger partial charge in [0.05, 0.1) is 0 Å². The summed E-state index contributed by atoms with van der Waals surface area (Å²) >= 11 is 0. The molecule has 0 amide bonds. The van der Waals surface area contributed by atoms with Gasteiger partial charge in [0.25, 0.3) is 0 Å². The Morgan fingerprint density at radius 3 is 2.45 bits per heavy atom. The lowest BCUT2D eigenvalue weighted by Crippen LogP contribution is -2.39. The highest BCUT2D eigenvalue weighted by Gasteiger charge is 2.32. The molecule has 2 heterocycles. The van der Waals surface area contributed by atoms with Crippen LogP contribution in [0.1, 0.15) is 37.7 Å². The van der Waals surface area contributed by atoms with Gasteiger partial charge in [0, 0.05) is 18.6 Å². The highest BCUT2D eigenvalue weighted by atomic mass is 15.1. The van der Waals surface area contributed by atoms with Gasteiger partial charge in [-0.25, -0.2) is 0 Å². The fourth-order valence-corrected chi connectivity index (χ4v) is 3.89. The quantitative estimate of drug-likeness (QED) is 0.856. The Bertz CT molecular complexity index is 391. The van der Waals surface area contributed by atoms with E-state index < -0.39 is 0 Å². The smallest absolute Gasteiger partial charge is 0.00728 e. The molecule has 2 atom stereocenters. The van der Waals surface area contributed by atoms with Crippen molar-refractivity contribution >= 4 is 0 Å². The van der Waals surface area contributed by atoms with Crippen molar-refractivity contribution in [3.63, 3.8) is 0 Å². The molecule has 2 fully saturated rings. The summed E-state index contributed by atoms with van der Waals surface area (Å²) in [4.78, 5) is 2.51. The Balaban J connectivity index is 1.36. The second-order valence-electron chi connectivity index (χ2n) is 6.80. The SMILES string of the molecule is CN(CCc1ccccc1)CCC1CC2CCC(C1)N2. The van der Waals surface area contributed by atoms with E-state index in [1.807, 2.05) is 0 Å². The van der Waals surface area contributed by atoms with Gasteiger partial charge in [-0.1, -0.05) is 30.3 Å². The summed E-state index contributed by atoms with van der Waals surface area (Å²) < 4.78 is 0. The lowest BCUT2D eigenvalue weighted by molar-refractivity contribution is 0.243. The molecular weight excluding hydrogens is 244 g/mol. The first-order chi connectivity index (χ1) is 9.79. The summed E-state index contributed by atoms with van der Waals surface area (Å²) in [6, 6.07) is 12.5. The number of benzene rings is 1. The van der Waals surface area contributed by atoms with Crippen LogP contribution in [0.3, 0.4) is 0 Å². The average Bonchev–Trinajstić information content (AvgIpc) is 2.83. The number of rotatable bonds is 6. The summed E-state index contributed by atoms with van der Waals surface area (Å²) in [6.45, 7) is 2.44. The number of hydrogen-bond acceptors (Lipinski definition) is 2. The van der Waals surface area contributed by atoms with Gasteiger partial charge in [-0.05, 0) is 63.6 Å². The molecule has 1 aromatic rings. The largest absolute Gasteiger partial charge is 0.311 e. The molecule has 2 unspecified atom stereocenters. The fourth-order valence-electron chi connectivity index (χ4n) is 3.89. The van der Waals surface area contributed by atoms with E-state index in [0.717, 1.165) is 18.0 Å². The van der Waals surface area contributed by atoms with Crippen molar-refractivity contribution in [3.8, 4) is 0 Å². The molecule has 0 saturated carbocycles. The highest BCUT2D eigenvalue weighted by molar-refractivity contribution is 5.14. The van der Waals surface area contributed by atoms with E-state index in [9.17, 15) is 0 Å². The van der Waals surface area contributed by atoms with Crippen LogP contribution in [0.25, 0.3) is 0 Å². The molecule has 1 aromatic carbocycles. The molecule has 2 aliphatic rings. The number of hydrogen-bond donors (Lipinski definition) is 1. The highest BCUT2D eigenvalue weighted by Crippen LogP contribution is 2.32. The molecule has 0 aromatic heterocycles. The van der Waals surface area contributed by atoms with Crippen LogP contribution in [0.15, 0.2) is 30.3 Å². The van der Waals surface area contributed by atoms with Crippen LogP contribution in [0.4, 0.5) is 0 Å². The van der Waals surface area contributed by atoms with Crippen molar-refractivity contribution in [2.45, 2.75) is 50.6 Å². The molecule has 2 bridgehead atoms. The summed E-state index contributed by atoms with van der Waals surface area (Å²) in [5.74, 6) is 0.966. The molecule has 2 saturated heterocycles. The van der Waals surface area contributed by atoms with Crippen LogP contribution in [0, 0.1) is 5.92 Å². The number of likely N-dealkylation sites (N-methyl/N-ethyl adjacent to an activating group) is 1. The predicted octanol–water partition coefficient (Wildman–Crippen LogP) is 3.08. The van der Waals surface area contributed by atoms with Gasteiger partial charge >= 0.3 is 0 Å². The van der Waals surface area contributed by atoms with E-state index in [0.29, 0.717) is 0 Å². The first-order valence-corrected chi connectivity index (χ1v) is 8.28. The van der Waals surface area contributed by atoms with Gasteiger partial charge in [0.2, 0.25) is 0 Å². The first kappa shape index (κ1) is 14.1. The van der Waals surface area contributed by atoms with Crippen LogP contribution in [0.2, 0.25) is 0 Å². The Morgan fingerprint density at radius 1 is 1.05 bits per heavy atom. The lowest BCUT2D eigenvalue weighted by atomic mass is 9.89. The second kappa shape index (κ2) is 6.73. The van der Waals surface area contributed by atoms with Gasteiger partial charge in [-0.3, -0.25) is 0 Å². The Kier molecular flexibility index (Phi) is 4.74. The van der Waals surface area contributed by atoms with Crippen molar-refractivity contribution in [2.24, 2.45) is 5.92 Å². The summed E-state index contributed by atoms with van der Waals surface area (Å²) in [6.07, 6.45) is 8.25. The number of piperidine rings is 1. The van der Waals surface area contributed by atoms with Crippen molar-refractivity contribution < 1.29 is 0 Å². The zero-order valence-corrected chi connectivity index (χ0v) is 12.7. The molecule has 3 rings (SSSR count). The molecule has 2 nitrogen and oxygen atoms in total. The number of nitrogens with zero attached hydrogens (tertiary/aromatic N) is 1. The van der Waals surface area contributed by atoms with Crippen molar-refractivity contribution in [1.29, 1.82) is 0 Å². The Hall–Kier alpha value is -0.860. The maximum Gasteiger partial charge on any atom is 0.00728 e. The summed E-state index contributed by atoms with van der Waals surface area (Å²) in [5.41, 5.74) is 1.46. The molecule has 110 valence electrons. The Labute approximate surface area is 123 Å². The molecule has 20 heavy (non-hydrogen) atoms. The maximum absolute atomic E-state index is 3.74. The zero-order chi connectivity index (χ0) is 13.8. The normalized spacial score (nSPS) is 29.0. The Morgan fingerprint density at radius 2 is 1.75 bits per heavy atom. The van der Waals surface area contributed by atoms with E-state index in [-0.39, 0.29) is 0 Å². The maximum atomic E-state index is 3.74. The minimum Gasteiger partial charge on any atom is -0.311 e. The monoisotopic (exact) mass is 272 g/mol. The third kappa shape index (κ3) is 3.83. The third-order valence-electron chi connectivity index (χ3n) is 5.11. The molecule has 2 aliphatic heterocycles. The average molecular weight is 272 g/mol. The number of nitrogens with one attached hydrogen (secondary N) is 1. The van der Waals surface area contributed by atoms with Crippen LogP contribution in [-0.4, -0.2) is 37.1 Å². The fraction of sp³-hybridized carbons (Fsp3) is 0.667. The van der Waals surface area contributed by atoms with Crippen LogP contribution in [0.5, 0.6) is 0 Å². The van der Waals surface area contributed by atoms with E-state index >= 15 is 0 Å². The molecule has 0 spiro atoms. The van der Waals surface area contributed by atoms with E-state index in [1.54, 1.807) is 0 Å². The predicted molar refractivity (Wildman–Crippen MR) is 84.9 cm³/mol. The van der Waals surface area contributed by atoms with Crippen LogP contribution >= 0.6 is 0 Å². The molecule has 0 aliphatic carbocycles. The lowest BCUT2D eigenvalue weighted by Gasteiger charge is -2.30. The van der Waals surface area contributed by atoms with Gasteiger partial charge in [-0.2, -0.15) is 0 Å². The molecule has 2 heteroatoms. The van der Waals surface area contributed by atoms with Crippen molar-refractivity contribution in [1.82, 2.24) is 10.2 Å². The van der Waals surface area contributed by atoms with Crippen molar-refractivity contribution in [2.75, 3.05) is 20.1 Å².